The Labute approximate surface area is 428 Å². The molecule has 1 aliphatic heterocycles. The summed E-state index contributed by atoms with van der Waals surface area (Å²) in [5, 5.41) is 8.53. The maximum Gasteiger partial charge on any atom is 0.180 e. The van der Waals surface area contributed by atoms with Crippen LogP contribution in [0.1, 0.15) is 50.2 Å². The second-order valence-electron chi connectivity index (χ2n) is 16.4. The Morgan fingerprint density at radius 1 is 0.653 bits per heavy atom. The first-order valence-corrected chi connectivity index (χ1v) is 26.3. The molecule has 72 heavy (non-hydrogen) atoms. The second-order valence-corrected chi connectivity index (χ2v) is 22.2. The standard InChI is InChI=1S/C27H30N4O4S.C21H19N3O3S.C4H4BrN3/c1-20(2)36(32,33)24-9-7-22(8-10-24)26-19-29-27(28)25(30-26)11-6-21-4-3-5-23(18-21)35-17-14-31-12-15-34-16-13-31;1-14(2)28(26,27)18-9-7-16(8-10-18)20-13-23-21(22)19(24-20)11-6-15-4-3-5-17(25)12-15;5-3-1-8-4(6)2-7-3/h3-5,7-10,18-20H,12-17H2,1-2H3,(H2,28,29);3-5,7-10,12-14,25H,1-2H3,(H2,22,23);1-2H,(H2,6,8). The molecule has 3 aromatic heterocycles. The van der Waals surface area contributed by atoms with Crippen LogP contribution in [-0.4, -0.2) is 107 Å². The van der Waals surface area contributed by atoms with E-state index >= 15 is 0 Å². The highest BCUT2D eigenvalue weighted by Gasteiger charge is 2.20. The lowest BCUT2D eigenvalue weighted by Gasteiger charge is -2.26. The molecule has 7 N–H and O–H groups in total. The van der Waals surface area contributed by atoms with Crippen LogP contribution in [0, 0.1) is 23.7 Å². The second kappa shape index (κ2) is 25.1. The molecule has 0 atom stereocenters. The van der Waals surface area contributed by atoms with Gasteiger partial charge >= 0.3 is 0 Å². The molecule has 4 heterocycles. The van der Waals surface area contributed by atoms with Crippen molar-refractivity contribution in [2.45, 2.75) is 48.0 Å². The number of nitrogens with two attached hydrogens (primary N) is 3. The van der Waals surface area contributed by atoms with Gasteiger partial charge in [-0.3, -0.25) is 4.90 Å². The van der Waals surface area contributed by atoms with Gasteiger partial charge in [0.1, 0.15) is 28.5 Å². The number of ether oxygens (including phenoxy) is 2. The van der Waals surface area contributed by atoms with E-state index in [0.29, 0.717) is 50.9 Å². The molecule has 0 aliphatic carbocycles. The van der Waals surface area contributed by atoms with Crippen LogP contribution in [0.4, 0.5) is 17.5 Å². The van der Waals surface area contributed by atoms with Crippen LogP contribution in [-0.2, 0) is 24.4 Å². The van der Waals surface area contributed by atoms with Gasteiger partial charge in [0, 0.05) is 41.9 Å². The SMILES string of the molecule is CC(C)S(=O)(=O)c1ccc(-c2cnc(N)c(C#Cc3cccc(O)c3)n2)cc1.CC(C)S(=O)(=O)c1ccc(-c2cnc(N)c(C#Cc3cccc(OCCN4CCOCC4)c3)n2)cc1.Nc1cnc(Br)cn1. The third kappa shape index (κ3) is 15.3. The van der Waals surface area contributed by atoms with Crippen molar-refractivity contribution in [3.05, 3.63) is 149 Å². The molecule has 17 nitrogen and oxygen atoms in total. The normalized spacial score (nSPS) is 12.5. The monoisotopic (exact) mass is 1070 g/mol. The molecule has 1 saturated heterocycles. The zero-order valence-corrected chi connectivity index (χ0v) is 43.1. The molecule has 0 radical (unpaired) electrons. The van der Waals surface area contributed by atoms with Crippen LogP contribution < -0.4 is 21.9 Å². The molecule has 0 spiro atoms. The van der Waals surface area contributed by atoms with Crippen LogP contribution in [0.25, 0.3) is 22.5 Å². The van der Waals surface area contributed by atoms with E-state index in [0.717, 1.165) is 49.7 Å². The highest BCUT2D eigenvalue weighted by atomic mass is 79.9. The van der Waals surface area contributed by atoms with Crippen molar-refractivity contribution in [3.63, 3.8) is 0 Å². The van der Waals surface area contributed by atoms with Gasteiger partial charge < -0.3 is 31.8 Å². The Morgan fingerprint density at radius 2 is 1.15 bits per heavy atom. The van der Waals surface area contributed by atoms with Gasteiger partial charge in [-0.1, -0.05) is 48.2 Å². The third-order valence-corrected chi connectivity index (χ3v) is 15.3. The number of phenolic OH excluding ortho intramolecular Hbond substituents is 1. The van der Waals surface area contributed by atoms with Gasteiger partial charge in [0.25, 0.3) is 0 Å². The minimum Gasteiger partial charge on any atom is -0.508 e. The summed E-state index contributed by atoms with van der Waals surface area (Å²) in [7, 11) is -6.67. The number of nitrogen functional groups attached to an aromatic ring is 3. The molecular weight excluding hydrogens is 1020 g/mol. The molecule has 0 bridgehead atoms. The Kier molecular flexibility index (Phi) is 18.8. The lowest BCUT2D eigenvalue weighted by atomic mass is 10.1. The Hall–Kier alpha value is -7.46. The number of hydrogen-bond acceptors (Lipinski definition) is 17. The largest absolute Gasteiger partial charge is 0.508 e. The van der Waals surface area contributed by atoms with Crippen LogP contribution >= 0.6 is 15.9 Å². The third-order valence-electron chi connectivity index (χ3n) is 10.6. The number of hydrogen-bond donors (Lipinski definition) is 4. The molecule has 372 valence electrons. The summed E-state index contributed by atoms with van der Waals surface area (Å²) in [6.07, 6.45) is 6.11. The van der Waals surface area contributed by atoms with Crippen molar-refractivity contribution < 1.29 is 31.4 Å². The van der Waals surface area contributed by atoms with E-state index in [-0.39, 0.29) is 27.2 Å². The summed E-state index contributed by atoms with van der Waals surface area (Å²) in [4.78, 5) is 27.8. The lowest BCUT2D eigenvalue weighted by molar-refractivity contribution is 0.0322. The Bertz CT molecular complexity index is 3300. The summed E-state index contributed by atoms with van der Waals surface area (Å²) < 4.78 is 61.2. The molecule has 1 fully saturated rings. The first kappa shape index (κ1) is 53.9. The van der Waals surface area contributed by atoms with Crippen LogP contribution in [0.5, 0.6) is 11.5 Å². The van der Waals surface area contributed by atoms with E-state index in [2.05, 4.69) is 74.4 Å². The summed E-state index contributed by atoms with van der Waals surface area (Å²) in [5.41, 5.74) is 21.7. The average molecular weight is 1070 g/mol. The highest BCUT2D eigenvalue weighted by Crippen LogP contribution is 2.25. The molecule has 0 unspecified atom stereocenters. The fourth-order valence-electron chi connectivity index (χ4n) is 6.38. The maximum absolute atomic E-state index is 12.4. The molecular formula is C52H53BrN10O7S2. The van der Waals surface area contributed by atoms with E-state index in [1.54, 1.807) is 107 Å². The van der Waals surface area contributed by atoms with Crippen LogP contribution in [0.15, 0.2) is 136 Å². The predicted octanol–water partition coefficient (Wildman–Crippen LogP) is 6.85. The van der Waals surface area contributed by atoms with Crippen molar-refractivity contribution in [3.8, 4) is 57.7 Å². The first-order chi connectivity index (χ1) is 34.4. The van der Waals surface area contributed by atoms with E-state index in [9.17, 15) is 21.9 Å². The van der Waals surface area contributed by atoms with Crippen LogP contribution in [0.3, 0.4) is 0 Å². The van der Waals surface area contributed by atoms with E-state index in [1.807, 2.05) is 24.3 Å². The van der Waals surface area contributed by atoms with Crippen LogP contribution in [0.2, 0.25) is 0 Å². The van der Waals surface area contributed by atoms with Gasteiger partial charge in [-0.15, -0.1) is 0 Å². The Morgan fingerprint density at radius 3 is 1.61 bits per heavy atom. The fourth-order valence-corrected chi connectivity index (χ4v) is 8.71. The molecule has 1 aliphatic rings. The number of halogens is 1. The maximum atomic E-state index is 12.4. The molecule has 0 amide bonds. The fraction of sp³-hybridized carbons (Fsp3) is 0.231. The summed E-state index contributed by atoms with van der Waals surface area (Å²) >= 11 is 3.12. The number of rotatable bonds is 10. The van der Waals surface area contributed by atoms with Crippen molar-refractivity contribution in [1.29, 1.82) is 0 Å². The number of sulfone groups is 2. The van der Waals surface area contributed by atoms with Crippen molar-refractivity contribution in [2.24, 2.45) is 0 Å². The molecule has 0 saturated carbocycles. The van der Waals surface area contributed by atoms with Crippen molar-refractivity contribution in [2.75, 3.05) is 56.7 Å². The minimum absolute atomic E-state index is 0.121. The number of phenols is 1. The first-order valence-electron chi connectivity index (χ1n) is 22.4. The summed E-state index contributed by atoms with van der Waals surface area (Å²) in [6.45, 7) is 11.4. The highest BCUT2D eigenvalue weighted by molar-refractivity contribution is 9.10. The molecule has 20 heteroatoms. The van der Waals surface area contributed by atoms with E-state index < -0.39 is 30.2 Å². The summed E-state index contributed by atoms with van der Waals surface area (Å²) in [6, 6.07) is 27.2. The number of nitrogens with zero attached hydrogens (tertiary/aromatic N) is 7. The average Bonchev–Trinajstić information content (AvgIpc) is 3.37. The van der Waals surface area contributed by atoms with Gasteiger partial charge in [-0.05, 0) is 116 Å². The molecule has 8 rings (SSSR count). The number of aromatic hydroxyl groups is 1. The van der Waals surface area contributed by atoms with Crippen molar-refractivity contribution in [1.82, 2.24) is 34.8 Å². The van der Waals surface area contributed by atoms with Gasteiger partial charge in [-0.2, -0.15) is 0 Å². The van der Waals surface area contributed by atoms with E-state index in [1.165, 1.54) is 18.5 Å². The van der Waals surface area contributed by atoms with Crippen molar-refractivity contribution >= 4 is 53.1 Å². The minimum atomic E-state index is -3.34. The smallest absolute Gasteiger partial charge is 0.180 e. The quantitative estimate of drug-likeness (QED) is 0.102. The number of aromatic nitrogens is 6. The van der Waals surface area contributed by atoms with Gasteiger partial charge in [-0.25, -0.2) is 46.7 Å². The lowest BCUT2D eigenvalue weighted by Crippen LogP contribution is -2.38. The topological polar surface area (TPSA) is 266 Å². The van der Waals surface area contributed by atoms with Gasteiger partial charge in [0.2, 0.25) is 0 Å². The number of morpholine rings is 1. The molecule has 7 aromatic rings. The van der Waals surface area contributed by atoms with E-state index in [4.69, 9.17) is 26.7 Å². The Balaban J connectivity index is 0.000000208. The zero-order chi connectivity index (χ0) is 51.8. The van der Waals surface area contributed by atoms with Gasteiger partial charge in [0.05, 0.1) is 69.7 Å². The zero-order valence-electron chi connectivity index (χ0n) is 39.9. The predicted molar refractivity (Wildman–Crippen MR) is 282 cm³/mol. The summed E-state index contributed by atoms with van der Waals surface area (Å²) in [5.74, 6) is 13.6. The number of benzene rings is 4. The molecule has 4 aromatic carbocycles. The number of anilines is 3. The van der Waals surface area contributed by atoms with Gasteiger partial charge in [0.15, 0.2) is 42.7 Å².